The van der Waals surface area contributed by atoms with E-state index < -0.39 is 15.9 Å². The van der Waals surface area contributed by atoms with Crippen LogP contribution in [0.5, 0.6) is 0 Å². The summed E-state index contributed by atoms with van der Waals surface area (Å²) in [7, 11) is -3.29. The Morgan fingerprint density at radius 2 is 1.93 bits per heavy atom. The lowest BCUT2D eigenvalue weighted by Crippen LogP contribution is -2.28. The summed E-state index contributed by atoms with van der Waals surface area (Å²) in [6.45, 7) is 0. The molecule has 0 heterocycles. The fourth-order valence-electron chi connectivity index (χ4n) is 1.20. The highest BCUT2D eigenvalue weighted by atomic mass is 32.2. The van der Waals surface area contributed by atoms with Crippen LogP contribution < -0.4 is 5.73 Å². The molecule has 5 heteroatoms. The highest BCUT2D eigenvalue weighted by molar-refractivity contribution is 7.90. The molecule has 0 amide bonds. The SMILES string of the molecule is N#CC(N)CS(=O)(=O)Cc1ccccc1. The van der Waals surface area contributed by atoms with Gasteiger partial charge < -0.3 is 5.73 Å². The van der Waals surface area contributed by atoms with Gasteiger partial charge in [0.2, 0.25) is 0 Å². The van der Waals surface area contributed by atoms with Crippen molar-refractivity contribution in [2.45, 2.75) is 11.8 Å². The molecule has 1 aromatic rings. The van der Waals surface area contributed by atoms with Crippen molar-refractivity contribution >= 4 is 9.84 Å². The van der Waals surface area contributed by atoms with Gasteiger partial charge in [-0.25, -0.2) is 8.42 Å². The van der Waals surface area contributed by atoms with Crippen LogP contribution in [-0.2, 0) is 15.6 Å². The number of hydrogen-bond acceptors (Lipinski definition) is 4. The molecule has 1 aromatic carbocycles. The zero-order chi connectivity index (χ0) is 11.3. The van der Waals surface area contributed by atoms with Crippen molar-refractivity contribution in [2.24, 2.45) is 5.73 Å². The fourth-order valence-corrected chi connectivity index (χ4v) is 2.64. The van der Waals surface area contributed by atoms with Crippen LogP contribution in [0, 0.1) is 11.3 Å². The first kappa shape index (κ1) is 11.7. The third-order valence-corrected chi connectivity index (χ3v) is 3.47. The molecule has 1 unspecified atom stereocenters. The molecule has 0 aliphatic carbocycles. The monoisotopic (exact) mass is 224 g/mol. The maximum atomic E-state index is 11.5. The van der Waals surface area contributed by atoms with Crippen LogP contribution in [0.25, 0.3) is 0 Å². The van der Waals surface area contributed by atoms with E-state index in [2.05, 4.69) is 0 Å². The molecule has 0 aromatic heterocycles. The van der Waals surface area contributed by atoms with Gasteiger partial charge >= 0.3 is 0 Å². The van der Waals surface area contributed by atoms with Crippen molar-refractivity contribution in [2.75, 3.05) is 5.75 Å². The summed E-state index contributed by atoms with van der Waals surface area (Å²) in [6.07, 6.45) is 0. The predicted octanol–water partition coefficient (Wildman–Crippen LogP) is 0.452. The van der Waals surface area contributed by atoms with E-state index in [1.165, 1.54) is 0 Å². The third kappa shape index (κ3) is 4.11. The normalized spacial score (nSPS) is 13.1. The molecule has 15 heavy (non-hydrogen) atoms. The Bertz CT molecular complexity index is 448. The van der Waals surface area contributed by atoms with Crippen LogP contribution in [0.3, 0.4) is 0 Å². The van der Waals surface area contributed by atoms with Crippen LogP contribution in [0.1, 0.15) is 5.56 Å². The number of nitriles is 1. The quantitative estimate of drug-likeness (QED) is 0.804. The fraction of sp³-hybridized carbons (Fsp3) is 0.300. The van der Waals surface area contributed by atoms with Crippen LogP contribution in [0.15, 0.2) is 30.3 Å². The molecule has 0 aliphatic rings. The second kappa shape index (κ2) is 4.91. The van der Waals surface area contributed by atoms with Gasteiger partial charge in [0.1, 0.15) is 6.04 Å². The maximum Gasteiger partial charge on any atom is 0.157 e. The molecule has 1 rings (SSSR count). The molecule has 4 nitrogen and oxygen atoms in total. The number of nitrogens with zero attached hydrogens (tertiary/aromatic N) is 1. The molecular weight excluding hydrogens is 212 g/mol. The van der Waals surface area contributed by atoms with E-state index >= 15 is 0 Å². The molecule has 80 valence electrons. The van der Waals surface area contributed by atoms with Crippen LogP contribution in [0.2, 0.25) is 0 Å². The summed E-state index contributed by atoms with van der Waals surface area (Å²) in [4.78, 5) is 0. The van der Waals surface area contributed by atoms with Gasteiger partial charge in [0, 0.05) is 0 Å². The molecule has 0 fully saturated rings. The number of hydrogen-bond donors (Lipinski definition) is 1. The summed E-state index contributed by atoms with van der Waals surface area (Å²) >= 11 is 0. The number of sulfone groups is 1. The van der Waals surface area contributed by atoms with Crippen molar-refractivity contribution in [1.29, 1.82) is 5.26 Å². The molecule has 0 aliphatic heterocycles. The minimum absolute atomic E-state index is 0.0663. The predicted molar refractivity (Wildman–Crippen MR) is 57.5 cm³/mol. The highest BCUT2D eigenvalue weighted by Gasteiger charge is 2.16. The van der Waals surface area contributed by atoms with Gasteiger partial charge in [-0.3, -0.25) is 0 Å². The molecule has 0 bridgehead atoms. The number of rotatable bonds is 4. The summed E-state index contributed by atoms with van der Waals surface area (Å²) < 4.78 is 23.1. The van der Waals surface area contributed by atoms with E-state index in [1.807, 2.05) is 6.07 Å². The van der Waals surface area contributed by atoms with E-state index in [9.17, 15) is 8.42 Å². The molecule has 0 radical (unpaired) electrons. The summed E-state index contributed by atoms with van der Waals surface area (Å²) in [5.41, 5.74) is 5.98. The zero-order valence-electron chi connectivity index (χ0n) is 8.13. The lowest BCUT2D eigenvalue weighted by atomic mass is 10.2. The Hall–Kier alpha value is -1.38. The van der Waals surface area contributed by atoms with Crippen molar-refractivity contribution in [1.82, 2.24) is 0 Å². The van der Waals surface area contributed by atoms with Gasteiger partial charge in [-0.05, 0) is 5.56 Å². The molecule has 2 N–H and O–H groups in total. The minimum Gasteiger partial charge on any atom is -0.315 e. The van der Waals surface area contributed by atoms with Crippen molar-refractivity contribution in [3.05, 3.63) is 35.9 Å². The largest absolute Gasteiger partial charge is 0.315 e. The van der Waals surface area contributed by atoms with Crippen LogP contribution >= 0.6 is 0 Å². The van der Waals surface area contributed by atoms with Crippen molar-refractivity contribution < 1.29 is 8.42 Å². The number of benzene rings is 1. The van der Waals surface area contributed by atoms with E-state index in [0.29, 0.717) is 5.56 Å². The first-order valence-electron chi connectivity index (χ1n) is 4.43. The molecule has 0 saturated carbocycles. The Labute approximate surface area is 89.2 Å². The second-order valence-electron chi connectivity index (χ2n) is 3.28. The standard InChI is InChI=1S/C10H12N2O2S/c11-6-10(12)8-15(13,14)7-9-4-2-1-3-5-9/h1-5,10H,7-8,12H2. The first-order valence-corrected chi connectivity index (χ1v) is 6.25. The zero-order valence-corrected chi connectivity index (χ0v) is 8.94. The van der Waals surface area contributed by atoms with E-state index in [1.54, 1.807) is 30.3 Å². The lowest BCUT2D eigenvalue weighted by molar-refractivity contribution is 0.592. The van der Waals surface area contributed by atoms with Gasteiger partial charge in [-0.2, -0.15) is 5.26 Å². The first-order chi connectivity index (χ1) is 7.03. The number of nitrogens with two attached hydrogens (primary N) is 1. The minimum atomic E-state index is -3.29. The van der Waals surface area contributed by atoms with Gasteiger partial charge in [-0.1, -0.05) is 30.3 Å². The molecule has 0 saturated heterocycles. The van der Waals surface area contributed by atoms with Gasteiger partial charge in [0.05, 0.1) is 17.6 Å². The molecule has 0 spiro atoms. The lowest BCUT2D eigenvalue weighted by Gasteiger charge is -2.05. The van der Waals surface area contributed by atoms with Crippen molar-refractivity contribution in [3.63, 3.8) is 0 Å². The Morgan fingerprint density at radius 1 is 1.33 bits per heavy atom. The third-order valence-electron chi connectivity index (χ3n) is 1.83. The Balaban J connectivity index is 2.71. The van der Waals surface area contributed by atoms with Crippen LogP contribution in [0.4, 0.5) is 0 Å². The maximum absolute atomic E-state index is 11.5. The highest BCUT2D eigenvalue weighted by Crippen LogP contribution is 2.06. The van der Waals surface area contributed by atoms with Crippen LogP contribution in [-0.4, -0.2) is 20.2 Å². The average Bonchev–Trinajstić information content (AvgIpc) is 2.17. The molecular formula is C10H12N2O2S. The van der Waals surface area contributed by atoms with E-state index in [-0.39, 0.29) is 11.5 Å². The van der Waals surface area contributed by atoms with E-state index in [0.717, 1.165) is 0 Å². The average molecular weight is 224 g/mol. The van der Waals surface area contributed by atoms with Gasteiger partial charge in [-0.15, -0.1) is 0 Å². The topological polar surface area (TPSA) is 83.9 Å². The summed E-state index contributed by atoms with van der Waals surface area (Å²) in [5.74, 6) is -0.360. The summed E-state index contributed by atoms with van der Waals surface area (Å²) in [6, 6.07) is 9.59. The Kier molecular flexibility index (Phi) is 3.83. The summed E-state index contributed by atoms with van der Waals surface area (Å²) in [5, 5.41) is 8.42. The van der Waals surface area contributed by atoms with E-state index in [4.69, 9.17) is 11.0 Å². The van der Waals surface area contributed by atoms with Gasteiger partial charge in [0.15, 0.2) is 9.84 Å². The smallest absolute Gasteiger partial charge is 0.157 e. The second-order valence-corrected chi connectivity index (χ2v) is 5.38. The molecule has 1 atom stereocenters. The van der Waals surface area contributed by atoms with Crippen molar-refractivity contribution in [3.8, 4) is 6.07 Å². The van der Waals surface area contributed by atoms with Gasteiger partial charge in [0.25, 0.3) is 0 Å². The Morgan fingerprint density at radius 3 is 2.47 bits per heavy atom.